The van der Waals surface area contributed by atoms with E-state index in [1.165, 1.54) is 12.1 Å². The number of hydrogen-bond acceptors (Lipinski definition) is 2. The van der Waals surface area contributed by atoms with E-state index in [0.717, 1.165) is 33.2 Å². The van der Waals surface area contributed by atoms with Crippen LogP contribution in [-0.2, 0) is 11.0 Å². The smallest absolute Gasteiger partial charge is 0.472 e. The van der Waals surface area contributed by atoms with Crippen LogP contribution in [0.1, 0.15) is 43.0 Å². The van der Waals surface area contributed by atoms with E-state index in [4.69, 9.17) is 4.74 Å². The number of halogens is 3. The standard InChI is InChI=1S/C30H25F3O2/c1-28(2,3)26-19-20-9-7-8-12-24(20)27-25(26)17-18-29(35-27,21-10-5-4-6-11-21)22-13-15-23(16-14-22)34-30(31,32)33/h4-19H,1-3H3. The Bertz CT molecular complexity index is 1400. The van der Waals surface area contributed by atoms with Gasteiger partial charge >= 0.3 is 6.36 Å². The van der Waals surface area contributed by atoms with Crippen LogP contribution in [0.2, 0.25) is 0 Å². The van der Waals surface area contributed by atoms with Crippen LogP contribution in [0.4, 0.5) is 13.2 Å². The molecule has 1 atom stereocenters. The molecule has 0 saturated heterocycles. The molecule has 0 saturated carbocycles. The minimum absolute atomic E-state index is 0.120. The lowest BCUT2D eigenvalue weighted by Gasteiger charge is -2.38. The second-order valence-electron chi connectivity index (χ2n) is 9.75. The quantitative estimate of drug-likeness (QED) is 0.297. The molecule has 0 fully saturated rings. The Morgan fingerprint density at radius 3 is 2.06 bits per heavy atom. The average Bonchev–Trinajstić information content (AvgIpc) is 2.82. The van der Waals surface area contributed by atoms with Crippen molar-refractivity contribution in [3.8, 4) is 11.5 Å². The molecule has 1 aliphatic heterocycles. The summed E-state index contributed by atoms with van der Waals surface area (Å²) >= 11 is 0. The highest BCUT2D eigenvalue weighted by Crippen LogP contribution is 2.48. The summed E-state index contributed by atoms with van der Waals surface area (Å²) in [7, 11) is 0. The van der Waals surface area contributed by atoms with Crippen molar-refractivity contribution in [1.82, 2.24) is 0 Å². The second kappa shape index (κ2) is 8.19. The van der Waals surface area contributed by atoms with Gasteiger partial charge in [0.05, 0.1) is 0 Å². The summed E-state index contributed by atoms with van der Waals surface area (Å²) in [6.45, 7) is 6.51. The number of benzene rings is 4. The first-order chi connectivity index (χ1) is 16.6. The summed E-state index contributed by atoms with van der Waals surface area (Å²) in [5.41, 5.74) is 2.61. The van der Waals surface area contributed by atoms with Gasteiger partial charge in [-0.3, -0.25) is 0 Å². The first-order valence-corrected chi connectivity index (χ1v) is 11.4. The van der Waals surface area contributed by atoms with Crippen LogP contribution in [0.25, 0.3) is 16.8 Å². The van der Waals surface area contributed by atoms with E-state index >= 15 is 0 Å². The summed E-state index contributed by atoms with van der Waals surface area (Å²) in [6.07, 6.45) is -0.672. The van der Waals surface area contributed by atoms with Gasteiger partial charge < -0.3 is 9.47 Å². The molecule has 5 rings (SSSR count). The maximum absolute atomic E-state index is 12.7. The molecule has 5 heteroatoms. The predicted octanol–water partition coefficient (Wildman–Crippen LogP) is 8.39. The van der Waals surface area contributed by atoms with Gasteiger partial charge in [-0.2, -0.15) is 0 Å². The molecule has 0 spiro atoms. The van der Waals surface area contributed by atoms with Crippen molar-refractivity contribution >= 4 is 16.8 Å². The topological polar surface area (TPSA) is 18.5 Å². The predicted molar refractivity (Wildman–Crippen MR) is 133 cm³/mol. The third-order valence-electron chi connectivity index (χ3n) is 6.32. The highest BCUT2D eigenvalue weighted by atomic mass is 19.4. The number of rotatable bonds is 3. The van der Waals surface area contributed by atoms with Crippen molar-refractivity contribution in [2.24, 2.45) is 0 Å². The highest BCUT2D eigenvalue weighted by Gasteiger charge is 2.39. The SMILES string of the molecule is CC(C)(C)c1cc2ccccc2c2c1C=CC(c1ccccc1)(c1ccc(OC(F)(F)F)cc1)O2. The largest absolute Gasteiger partial charge is 0.573 e. The Balaban J connectivity index is 1.72. The fourth-order valence-electron chi connectivity index (χ4n) is 4.69. The van der Waals surface area contributed by atoms with Gasteiger partial charge in [0.15, 0.2) is 5.60 Å². The molecule has 0 N–H and O–H groups in total. The summed E-state index contributed by atoms with van der Waals surface area (Å²) < 4.78 is 49.2. The van der Waals surface area contributed by atoms with Gasteiger partial charge in [-0.25, -0.2) is 0 Å². The molecule has 0 aromatic heterocycles. The van der Waals surface area contributed by atoms with E-state index in [2.05, 4.69) is 43.7 Å². The van der Waals surface area contributed by atoms with Crippen LogP contribution in [0.5, 0.6) is 11.5 Å². The molecule has 35 heavy (non-hydrogen) atoms. The summed E-state index contributed by atoms with van der Waals surface area (Å²) in [4.78, 5) is 0. The fraction of sp³-hybridized carbons (Fsp3) is 0.200. The molecular weight excluding hydrogens is 449 g/mol. The van der Waals surface area contributed by atoms with E-state index in [-0.39, 0.29) is 11.2 Å². The van der Waals surface area contributed by atoms with Gasteiger partial charge in [-0.15, -0.1) is 13.2 Å². The summed E-state index contributed by atoms with van der Waals surface area (Å²) in [6, 6.07) is 25.9. The van der Waals surface area contributed by atoms with Crippen molar-refractivity contribution in [2.75, 3.05) is 0 Å². The number of alkyl halides is 3. The Labute approximate surface area is 202 Å². The zero-order chi connectivity index (χ0) is 24.8. The lowest BCUT2D eigenvalue weighted by atomic mass is 9.78. The van der Waals surface area contributed by atoms with E-state index in [1.807, 2.05) is 54.6 Å². The van der Waals surface area contributed by atoms with Crippen molar-refractivity contribution in [3.63, 3.8) is 0 Å². The van der Waals surface area contributed by atoms with Gasteiger partial charge in [-0.05, 0) is 40.6 Å². The molecule has 2 nitrogen and oxygen atoms in total. The molecule has 0 radical (unpaired) electrons. The average molecular weight is 475 g/mol. The van der Waals surface area contributed by atoms with Gasteiger partial charge in [-0.1, -0.05) is 93.6 Å². The minimum Gasteiger partial charge on any atom is -0.472 e. The van der Waals surface area contributed by atoms with E-state index in [0.29, 0.717) is 5.56 Å². The molecule has 178 valence electrons. The van der Waals surface area contributed by atoms with Gasteiger partial charge in [0.2, 0.25) is 0 Å². The van der Waals surface area contributed by atoms with Crippen molar-refractivity contribution in [2.45, 2.75) is 38.1 Å². The van der Waals surface area contributed by atoms with Crippen LogP contribution >= 0.6 is 0 Å². The first kappa shape index (κ1) is 23.0. The van der Waals surface area contributed by atoms with Crippen LogP contribution in [0.15, 0.2) is 91.0 Å². The molecule has 4 aromatic rings. The Kier molecular flexibility index (Phi) is 5.39. The Morgan fingerprint density at radius 1 is 0.771 bits per heavy atom. The highest BCUT2D eigenvalue weighted by molar-refractivity contribution is 5.94. The van der Waals surface area contributed by atoms with Gasteiger partial charge in [0.1, 0.15) is 11.5 Å². The number of hydrogen-bond donors (Lipinski definition) is 0. The maximum Gasteiger partial charge on any atom is 0.573 e. The van der Waals surface area contributed by atoms with Crippen molar-refractivity contribution in [1.29, 1.82) is 0 Å². The maximum atomic E-state index is 12.7. The van der Waals surface area contributed by atoms with Gasteiger partial charge in [0, 0.05) is 22.1 Å². The molecular formula is C30H25F3O2. The zero-order valence-corrected chi connectivity index (χ0v) is 19.7. The minimum atomic E-state index is -4.75. The molecule has 0 aliphatic carbocycles. The van der Waals surface area contributed by atoms with Crippen molar-refractivity contribution in [3.05, 3.63) is 113 Å². The number of fused-ring (bicyclic) bond motifs is 3. The summed E-state index contributed by atoms with van der Waals surface area (Å²) in [5, 5.41) is 2.06. The second-order valence-corrected chi connectivity index (χ2v) is 9.75. The van der Waals surface area contributed by atoms with Crippen LogP contribution in [-0.4, -0.2) is 6.36 Å². The monoisotopic (exact) mass is 474 g/mol. The molecule has 1 heterocycles. The third-order valence-corrected chi connectivity index (χ3v) is 6.32. The van der Waals surface area contributed by atoms with Crippen LogP contribution in [0, 0.1) is 0 Å². The van der Waals surface area contributed by atoms with E-state index in [1.54, 1.807) is 12.1 Å². The third kappa shape index (κ3) is 4.27. The summed E-state index contributed by atoms with van der Waals surface area (Å²) in [5.74, 6) is 0.486. The van der Waals surface area contributed by atoms with Crippen molar-refractivity contribution < 1.29 is 22.6 Å². The lowest BCUT2D eigenvalue weighted by Crippen LogP contribution is -2.35. The van der Waals surface area contributed by atoms with Crippen LogP contribution in [0.3, 0.4) is 0 Å². The first-order valence-electron chi connectivity index (χ1n) is 11.4. The molecule has 0 amide bonds. The fourth-order valence-corrected chi connectivity index (χ4v) is 4.69. The lowest BCUT2D eigenvalue weighted by molar-refractivity contribution is -0.274. The normalized spacial score (nSPS) is 17.7. The molecule has 1 unspecified atom stereocenters. The Hall–Kier alpha value is -3.73. The van der Waals surface area contributed by atoms with E-state index < -0.39 is 12.0 Å². The van der Waals surface area contributed by atoms with Crippen LogP contribution < -0.4 is 9.47 Å². The van der Waals surface area contributed by atoms with Gasteiger partial charge in [0.25, 0.3) is 0 Å². The Morgan fingerprint density at radius 2 is 1.40 bits per heavy atom. The number of ether oxygens (including phenoxy) is 2. The van der Waals surface area contributed by atoms with E-state index in [9.17, 15) is 13.2 Å². The molecule has 4 aromatic carbocycles. The zero-order valence-electron chi connectivity index (χ0n) is 19.7. The molecule has 1 aliphatic rings. The molecule has 0 bridgehead atoms.